The van der Waals surface area contributed by atoms with Crippen molar-refractivity contribution in [2.45, 2.75) is 106 Å². The third kappa shape index (κ3) is 11.9. The summed E-state index contributed by atoms with van der Waals surface area (Å²) in [6.07, 6.45) is 15.2. The zero-order valence-electron chi connectivity index (χ0n) is 21.5. The van der Waals surface area contributed by atoms with Crippen LogP contribution in [0.4, 0.5) is 0 Å². The Kier molecular flexibility index (Phi) is 16.6. The molecule has 0 aliphatic carbocycles. The molecule has 1 unspecified atom stereocenters. The first-order valence-electron chi connectivity index (χ1n) is 12.4. The van der Waals surface area contributed by atoms with Gasteiger partial charge in [-0.15, -0.1) is 0 Å². The number of carbonyl (C=O) groups is 1. The zero-order valence-corrected chi connectivity index (χ0v) is 21.5. The van der Waals surface area contributed by atoms with Crippen LogP contribution in [0.1, 0.15) is 100 Å². The standard InChI is InChI=1S/C27H48N2O2/c1-9-15-19-29(20-16-10-2)25(21-22(7)27(30)28-23(8)13-5)26(14-6)31-24(17-11-3)18-12-4/h11,17-18,21,23H,9-10,12-16,19-20H2,1-8H3,(H,28,30)/b17-11-,22-21+,24-18+,26-25-. The fraction of sp³-hybridized carbons (Fsp3) is 0.667. The molecule has 4 heteroatoms. The lowest BCUT2D eigenvalue weighted by molar-refractivity contribution is -0.118. The normalized spacial score (nSPS) is 14.5. The molecule has 0 aliphatic rings. The highest BCUT2D eigenvalue weighted by Gasteiger charge is 2.17. The van der Waals surface area contributed by atoms with E-state index in [1.807, 2.05) is 39.0 Å². The molecule has 0 radical (unpaired) electrons. The van der Waals surface area contributed by atoms with Crippen molar-refractivity contribution < 1.29 is 9.53 Å². The Morgan fingerprint density at radius 1 is 1.06 bits per heavy atom. The van der Waals surface area contributed by atoms with Crippen LogP contribution in [0.2, 0.25) is 0 Å². The Bertz CT molecular complexity index is 621. The number of ether oxygens (including phenoxy) is 1. The van der Waals surface area contributed by atoms with Gasteiger partial charge in [-0.05, 0) is 64.7 Å². The van der Waals surface area contributed by atoms with E-state index in [0.717, 1.165) is 80.8 Å². The number of hydrogen-bond donors (Lipinski definition) is 1. The van der Waals surface area contributed by atoms with Gasteiger partial charge in [0, 0.05) is 31.1 Å². The summed E-state index contributed by atoms with van der Waals surface area (Å²) in [5, 5.41) is 3.09. The van der Waals surface area contributed by atoms with Gasteiger partial charge in [0.25, 0.3) is 0 Å². The number of unbranched alkanes of at least 4 members (excludes halogenated alkanes) is 2. The fourth-order valence-electron chi connectivity index (χ4n) is 3.07. The van der Waals surface area contributed by atoms with Crippen molar-refractivity contribution in [3.63, 3.8) is 0 Å². The van der Waals surface area contributed by atoms with Gasteiger partial charge in [-0.1, -0.05) is 53.5 Å². The summed E-state index contributed by atoms with van der Waals surface area (Å²) in [6.45, 7) is 18.6. The second-order valence-electron chi connectivity index (χ2n) is 8.08. The maximum absolute atomic E-state index is 12.8. The highest BCUT2D eigenvalue weighted by molar-refractivity contribution is 5.93. The highest BCUT2D eigenvalue weighted by Crippen LogP contribution is 2.23. The summed E-state index contributed by atoms with van der Waals surface area (Å²) in [6, 6.07) is 0.162. The van der Waals surface area contributed by atoms with Crippen LogP contribution in [0.25, 0.3) is 0 Å². The summed E-state index contributed by atoms with van der Waals surface area (Å²) in [7, 11) is 0. The first-order valence-corrected chi connectivity index (χ1v) is 12.4. The average Bonchev–Trinajstić information content (AvgIpc) is 2.76. The Morgan fingerprint density at radius 3 is 2.13 bits per heavy atom. The Hall–Kier alpha value is -1.97. The van der Waals surface area contributed by atoms with E-state index in [1.54, 1.807) is 0 Å². The largest absolute Gasteiger partial charge is 0.460 e. The number of carbonyl (C=O) groups excluding carboxylic acids is 1. The SMILES string of the molecule is C/C=C\C(=C/CC)O/C(CC)=C(/C=C(\C)C(=O)NC(C)CC)N(CCCC)CCCC. The predicted molar refractivity (Wildman–Crippen MR) is 135 cm³/mol. The number of nitrogens with zero attached hydrogens (tertiary/aromatic N) is 1. The second-order valence-corrected chi connectivity index (χ2v) is 8.08. The van der Waals surface area contributed by atoms with Crippen LogP contribution >= 0.6 is 0 Å². The number of hydrogen-bond acceptors (Lipinski definition) is 3. The molecular weight excluding hydrogens is 384 g/mol. The minimum absolute atomic E-state index is 0.00832. The molecule has 0 spiro atoms. The average molecular weight is 433 g/mol. The topological polar surface area (TPSA) is 41.6 Å². The van der Waals surface area contributed by atoms with Crippen LogP contribution < -0.4 is 5.32 Å². The van der Waals surface area contributed by atoms with Crippen molar-refractivity contribution in [1.29, 1.82) is 0 Å². The maximum atomic E-state index is 12.8. The fourth-order valence-corrected chi connectivity index (χ4v) is 3.07. The molecule has 4 nitrogen and oxygen atoms in total. The van der Waals surface area contributed by atoms with Crippen molar-refractivity contribution in [3.8, 4) is 0 Å². The van der Waals surface area contributed by atoms with Crippen LogP contribution in [0.5, 0.6) is 0 Å². The molecular formula is C27H48N2O2. The molecule has 31 heavy (non-hydrogen) atoms. The molecule has 0 saturated carbocycles. The summed E-state index contributed by atoms with van der Waals surface area (Å²) >= 11 is 0. The lowest BCUT2D eigenvalue weighted by Gasteiger charge is -2.28. The van der Waals surface area contributed by atoms with Gasteiger partial charge in [-0.2, -0.15) is 0 Å². The van der Waals surface area contributed by atoms with E-state index in [2.05, 4.69) is 50.9 Å². The van der Waals surface area contributed by atoms with Gasteiger partial charge in [-0.25, -0.2) is 0 Å². The van der Waals surface area contributed by atoms with Gasteiger partial charge >= 0.3 is 0 Å². The number of nitrogens with one attached hydrogen (secondary N) is 1. The predicted octanol–water partition coefficient (Wildman–Crippen LogP) is 7.26. The summed E-state index contributed by atoms with van der Waals surface area (Å²) in [5.74, 6) is 1.77. The van der Waals surface area contributed by atoms with Crippen molar-refractivity contribution in [1.82, 2.24) is 10.2 Å². The molecule has 1 amide bonds. The third-order valence-electron chi connectivity index (χ3n) is 5.19. The molecule has 0 aromatic rings. The molecule has 0 rings (SSSR count). The van der Waals surface area contributed by atoms with Gasteiger partial charge in [0.1, 0.15) is 11.5 Å². The summed E-state index contributed by atoms with van der Waals surface area (Å²) in [4.78, 5) is 15.2. The van der Waals surface area contributed by atoms with Gasteiger partial charge in [0.2, 0.25) is 5.91 Å². The maximum Gasteiger partial charge on any atom is 0.247 e. The molecule has 0 aromatic heterocycles. The first kappa shape index (κ1) is 29.0. The van der Waals surface area contributed by atoms with E-state index in [1.165, 1.54) is 0 Å². The zero-order chi connectivity index (χ0) is 23.6. The van der Waals surface area contributed by atoms with Crippen LogP contribution in [-0.2, 0) is 9.53 Å². The molecule has 0 aliphatic heterocycles. The van der Waals surface area contributed by atoms with Crippen molar-refractivity contribution in [2.75, 3.05) is 13.1 Å². The van der Waals surface area contributed by atoms with Crippen LogP contribution in [0, 0.1) is 0 Å². The van der Waals surface area contributed by atoms with E-state index < -0.39 is 0 Å². The number of amides is 1. The van der Waals surface area contributed by atoms with Crippen LogP contribution in [0.15, 0.2) is 47.1 Å². The minimum atomic E-state index is -0.00832. The number of allylic oxidation sites excluding steroid dienone is 5. The second kappa shape index (κ2) is 17.7. The summed E-state index contributed by atoms with van der Waals surface area (Å²) in [5.41, 5.74) is 1.75. The van der Waals surface area contributed by atoms with E-state index in [4.69, 9.17) is 4.74 Å². The quantitative estimate of drug-likeness (QED) is 0.158. The Balaban J connectivity index is 6.32. The van der Waals surface area contributed by atoms with E-state index >= 15 is 0 Å². The molecule has 1 atom stereocenters. The highest BCUT2D eigenvalue weighted by atomic mass is 16.5. The van der Waals surface area contributed by atoms with E-state index in [0.29, 0.717) is 0 Å². The molecule has 1 N–H and O–H groups in total. The Morgan fingerprint density at radius 2 is 1.68 bits per heavy atom. The monoisotopic (exact) mass is 432 g/mol. The van der Waals surface area contributed by atoms with E-state index in [9.17, 15) is 4.79 Å². The van der Waals surface area contributed by atoms with E-state index in [-0.39, 0.29) is 11.9 Å². The van der Waals surface area contributed by atoms with Gasteiger partial charge in [0.15, 0.2) is 0 Å². The molecule has 0 heterocycles. The van der Waals surface area contributed by atoms with Gasteiger partial charge in [-0.3, -0.25) is 4.79 Å². The minimum Gasteiger partial charge on any atom is -0.460 e. The molecule has 0 fully saturated rings. The molecule has 0 aromatic carbocycles. The first-order chi connectivity index (χ1) is 14.9. The molecule has 0 bridgehead atoms. The lowest BCUT2D eigenvalue weighted by atomic mass is 10.1. The molecule has 178 valence electrons. The van der Waals surface area contributed by atoms with Crippen LogP contribution in [0.3, 0.4) is 0 Å². The van der Waals surface area contributed by atoms with Crippen molar-refractivity contribution in [3.05, 3.63) is 47.1 Å². The lowest BCUT2D eigenvalue weighted by Crippen LogP contribution is -2.33. The van der Waals surface area contributed by atoms with Gasteiger partial charge < -0.3 is 15.0 Å². The summed E-state index contributed by atoms with van der Waals surface area (Å²) < 4.78 is 6.40. The number of rotatable bonds is 16. The Labute approximate surface area is 192 Å². The van der Waals surface area contributed by atoms with Gasteiger partial charge in [0.05, 0.1) is 5.70 Å². The van der Waals surface area contributed by atoms with Crippen molar-refractivity contribution >= 4 is 5.91 Å². The van der Waals surface area contributed by atoms with Crippen molar-refractivity contribution in [2.24, 2.45) is 0 Å². The third-order valence-corrected chi connectivity index (χ3v) is 5.19. The van der Waals surface area contributed by atoms with Crippen LogP contribution in [-0.4, -0.2) is 29.9 Å². The molecule has 0 saturated heterocycles. The smallest absolute Gasteiger partial charge is 0.247 e.